The molecule has 0 aliphatic carbocycles. The van der Waals surface area contributed by atoms with E-state index in [0.717, 1.165) is 18.4 Å². The number of carbonyl (C=O) groups excluding carboxylic acids is 1. The number of halogens is 1. The van der Waals surface area contributed by atoms with Crippen LogP contribution in [0.2, 0.25) is 5.02 Å². The van der Waals surface area contributed by atoms with E-state index in [0.29, 0.717) is 26.2 Å². The first-order chi connectivity index (χ1) is 14.4. The minimum absolute atomic E-state index is 0.109. The molecule has 2 fully saturated rings. The lowest BCUT2D eigenvalue weighted by atomic mass is 10.1. The third kappa shape index (κ3) is 4.25. The van der Waals surface area contributed by atoms with Gasteiger partial charge in [-0.2, -0.15) is 4.31 Å². The van der Waals surface area contributed by atoms with Crippen molar-refractivity contribution in [1.82, 2.24) is 9.21 Å². The van der Waals surface area contributed by atoms with Crippen molar-refractivity contribution in [3.05, 3.63) is 64.7 Å². The second kappa shape index (κ2) is 8.67. The monoisotopic (exact) mass is 448 g/mol. The smallest absolute Gasteiger partial charge is 0.255 e. The summed E-state index contributed by atoms with van der Waals surface area (Å²) < 4.78 is 33.3. The molecule has 1 amide bonds. The Labute approximate surface area is 182 Å². The van der Waals surface area contributed by atoms with Crippen LogP contribution in [0.15, 0.2) is 53.4 Å². The Morgan fingerprint density at radius 1 is 1.07 bits per heavy atom. The van der Waals surface area contributed by atoms with Gasteiger partial charge < -0.3 is 9.64 Å². The van der Waals surface area contributed by atoms with Gasteiger partial charge in [0.05, 0.1) is 28.1 Å². The Morgan fingerprint density at radius 3 is 2.47 bits per heavy atom. The number of hydrogen-bond acceptors (Lipinski definition) is 4. The lowest BCUT2D eigenvalue weighted by molar-refractivity contribution is -0.0691. The third-order valence-corrected chi connectivity index (χ3v) is 7.81. The first-order valence-corrected chi connectivity index (χ1v) is 12.0. The molecule has 160 valence electrons. The van der Waals surface area contributed by atoms with E-state index >= 15 is 0 Å². The van der Waals surface area contributed by atoms with Crippen molar-refractivity contribution in [3.63, 3.8) is 0 Å². The maximum Gasteiger partial charge on any atom is 0.255 e. The summed E-state index contributed by atoms with van der Waals surface area (Å²) in [6, 6.07) is 14.1. The molecule has 2 aliphatic rings. The van der Waals surface area contributed by atoms with Gasteiger partial charge in [-0.1, -0.05) is 41.9 Å². The summed E-state index contributed by atoms with van der Waals surface area (Å²) in [5.41, 5.74) is 1.20. The largest absolute Gasteiger partial charge is 0.367 e. The second-order valence-electron chi connectivity index (χ2n) is 7.81. The molecule has 2 aliphatic heterocycles. The number of benzene rings is 2. The summed E-state index contributed by atoms with van der Waals surface area (Å²) in [5.74, 6) is -0.283. The average molecular weight is 449 g/mol. The number of amides is 1. The quantitative estimate of drug-likeness (QED) is 0.714. The highest BCUT2D eigenvalue weighted by Crippen LogP contribution is 2.29. The predicted octanol–water partition coefficient (Wildman–Crippen LogP) is 3.73. The first kappa shape index (κ1) is 21.3. The Bertz CT molecular complexity index is 1020. The molecule has 2 atom stereocenters. The lowest BCUT2D eigenvalue weighted by Crippen LogP contribution is -2.46. The summed E-state index contributed by atoms with van der Waals surface area (Å²) in [5, 5.41) is 0.246. The summed E-state index contributed by atoms with van der Waals surface area (Å²) in [4.78, 5) is 15.1. The van der Waals surface area contributed by atoms with Crippen LogP contribution in [0, 0.1) is 0 Å². The molecule has 4 rings (SSSR count). The fraction of sp³-hybridized carbons (Fsp3) is 0.409. The van der Waals surface area contributed by atoms with Gasteiger partial charge in [-0.15, -0.1) is 0 Å². The molecule has 0 N–H and O–H groups in total. The highest BCUT2D eigenvalue weighted by atomic mass is 35.5. The maximum atomic E-state index is 13.3. The Hall–Kier alpha value is -1.93. The van der Waals surface area contributed by atoms with Gasteiger partial charge in [0, 0.05) is 19.6 Å². The molecule has 2 aromatic carbocycles. The number of nitrogens with zero attached hydrogens (tertiary/aromatic N) is 2. The van der Waals surface area contributed by atoms with Gasteiger partial charge in [0.25, 0.3) is 5.91 Å². The van der Waals surface area contributed by atoms with Crippen LogP contribution in [0.1, 0.15) is 41.8 Å². The Balaban J connectivity index is 1.61. The van der Waals surface area contributed by atoms with E-state index in [1.807, 2.05) is 37.3 Å². The highest BCUT2D eigenvalue weighted by Gasteiger charge is 2.32. The minimum Gasteiger partial charge on any atom is -0.367 e. The molecule has 0 aromatic heterocycles. The van der Waals surface area contributed by atoms with Crippen molar-refractivity contribution in [2.45, 2.75) is 36.9 Å². The van der Waals surface area contributed by atoms with E-state index in [2.05, 4.69) is 0 Å². The molecule has 0 bridgehead atoms. The van der Waals surface area contributed by atoms with Gasteiger partial charge >= 0.3 is 0 Å². The fourth-order valence-electron chi connectivity index (χ4n) is 4.05. The van der Waals surface area contributed by atoms with Gasteiger partial charge in [-0.05, 0) is 43.5 Å². The van der Waals surface area contributed by atoms with Gasteiger partial charge in [0.15, 0.2) is 0 Å². The van der Waals surface area contributed by atoms with Crippen molar-refractivity contribution >= 4 is 27.5 Å². The summed E-state index contributed by atoms with van der Waals surface area (Å²) in [6.07, 6.45) is 1.31. The minimum atomic E-state index is -3.63. The number of hydrogen-bond donors (Lipinski definition) is 0. The SMILES string of the molecule is CC1CN(C(=O)c2cc(S(=O)(=O)N3CCCC3)ccc2Cl)CC(c2ccccc2)O1. The standard InChI is InChI=1S/C22H25ClN2O4S/c1-16-14-24(15-21(29-16)17-7-3-2-4-8-17)22(26)19-13-18(9-10-20(19)23)30(27,28)25-11-5-6-12-25/h2-4,7-10,13,16,21H,5-6,11-12,14-15H2,1H3. The molecule has 8 heteroatoms. The van der Waals surface area contributed by atoms with E-state index in [4.69, 9.17) is 16.3 Å². The third-order valence-electron chi connectivity index (χ3n) is 5.59. The van der Waals surface area contributed by atoms with Gasteiger partial charge in [-0.3, -0.25) is 4.79 Å². The summed E-state index contributed by atoms with van der Waals surface area (Å²) in [7, 11) is -3.63. The van der Waals surface area contributed by atoms with Crippen LogP contribution in [0.4, 0.5) is 0 Å². The van der Waals surface area contributed by atoms with E-state index in [9.17, 15) is 13.2 Å². The number of morpholine rings is 1. The number of carbonyl (C=O) groups is 1. The van der Waals surface area contributed by atoms with Gasteiger partial charge in [0.2, 0.25) is 10.0 Å². The molecule has 2 saturated heterocycles. The van der Waals surface area contributed by atoms with Crippen LogP contribution in [0.3, 0.4) is 0 Å². The number of sulfonamides is 1. The average Bonchev–Trinajstić information content (AvgIpc) is 3.29. The zero-order valence-electron chi connectivity index (χ0n) is 16.8. The van der Waals surface area contributed by atoms with Crippen molar-refractivity contribution in [2.24, 2.45) is 0 Å². The Kier molecular flexibility index (Phi) is 6.16. The maximum absolute atomic E-state index is 13.3. The molecular formula is C22H25ClN2O4S. The summed E-state index contributed by atoms with van der Waals surface area (Å²) in [6.45, 7) is 3.74. The second-order valence-corrected chi connectivity index (χ2v) is 10.2. The molecule has 2 heterocycles. The van der Waals surface area contributed by atoms with Crippen molar-refractivity contribution in [1.29, 1.82) is 0 Å². The normalized spacial score (nSPS) is 22.9. The highest BCUT2D eigenvalue weighted by molar-refractivity contribution is 7.89. The van der Waals surface area contributed by atoms with Crippen molar-refractivity contribution < 1.29 is 17.9 Å². The van der Waals surface area contributed by atoms with Crippen LogP contribution >= 0.6 is 11.6 Å². The molecule has 0 spiro atoms. The molecule has 30 heavy (non-hydrogen) atoms. The van der Waals surface area contributed by atoms with Crippen LogP contribution < -0.4 is 0 Å². The van der Waals surface area contributed by atoms with Crippen molar-refractivity contribution in [2.75, 3.05) is 26.2 Å². The zero-order chi connectivity index (χ0) is 21.3. The molecule has 2 unspecified atom stereocenters. The van der Waals surface area contributed by atoms with E-state index < -0.39 is 10.0 Å². The van der Waals surface area contributed by atoms with E-state index in [1.165, 1.54) is 22.5 Å². The molecule has 2 aromatic rings. The van der Waals surface area contributed by atoms with Crippen LogP contribution in [0.5, 0.6) is 0 Å². The Morgan fingerprint density at radius 2 is 1.77 bits per heavy atom. The molecule has 6 nitrogen and oxygen atoms in total. The topological polar surface area (TPSA) is 66.9 Å². The van der Waals surface area contributed by atoms with E-state index in [1.54, 1.807) is 4.90 Å². The van der Waals surface area contributed by atoms with E-state index in [-0.39, 0.29) is 33.6 Å². The zero-order valence-corrected chi connectivity index (χ0v) is 18.4. The molecule has 0 saturated carbocycles. The van der Waals surface area contributed by atoms with Gasteiger partial charge in [-0.25, -0.2) is 8.42 Å². The van der Waals surface area contributed by atoms with Crippen LogP contribution in [-0.2, 0) is 14.8 Å². The van der Waals surface area contributed by atoms with Gasteiger partial charge in [0.1, 0.15) is 6.10 Å². The van der Waals surface area contributed by atoms with Crippen LogP contribution in [-0.4, -0.2) is 55.8 Å². The molecular weight excluding hydrogens is 424 g/mol. The number of rotatable bonds is 4. The predicted molar refractivity (Wildman–Crippen MR) is 115 cm³/mol. The number of ether oxygens (including phenoxy) is 1. The summed E-state index contributed by atoms with van der Waals surface area (Å²) >= 11 is 6.32. The first-order valence-electron chi connectivity index (χ1n) is 10.2. The molecule has 0 radical (unpaired) electrons. The lowest BCUT2D eigenvalue weighted by Gasteiger charge is -2.37. The van der Waals surface area contributed by atoms with Crippen molar-refractivity contribution in [3.8, 4) is 0 Å². The van der Waals surface area contributed by atoms with Crippen LogP contribution in [0.25, 0.3) is 0 Å². The fourth-order valence-corrected chi connectivity index (χ4v) is 5.79.